The van der Waals surface area contributed by atoms with Gasteiger partial charge >= 0.3 is 0 Å². The van der Waals surface area contributed by atoms with E-state index in [0.29, 0.717) is 41.6 Å². The molecule has 1 unspecified atom stereocenters. The number of anilines is 1. The number of aryl methyl sites for hydroxylation is 1. The average Bonchev–Trinajstić information content (AvgIpc) is 3.53. The number of carbonyl (C=O) groups excluding carboxylic acids is 1. The number of benzene rings is 2. The SMILES string of the molecule is Cc1ccc(S(=O)(=O)N2CCCC2c2nnc(C(=O)Nc3ccc4c(c3)OCO4)s2)cc1. The largest absolute Gasteiger partial charge is 0.454 e. The van der Waals surface area contributed by atoms with Crippen LogP contribution in [0.5, 0.6) is 11.5 Å². The molecule has 2 aliphatic rings. The van der Waals surface area contributed by atoms with Gasteiger partial charge in [0.05, 0.1) is 10.9 Å². The lowest BCUT2D eigenvalue weighted by Crippen LogP contribution is -2.30. The van der Waals surface area contributed by atoms with E-state index in [2.05, 4.69) is 15.5 Å². The second-order valence-corrected chi connectivity index (χ2v) is 10.5. The number of nitrogens with zero attached hydrogens (tertiary/aromatic N) is 3. The normalized spacial score (nSPS) is 18.1. The maximum atomic E-state index is 13.2. The average molecular weight is 473 g/mol. The fraction of sp³-hybridized carbons (Fsp3) is 0.286. The summed E-state index contributed by atoms with van der Waals surface area (Å²) in [7, 11) is -3.67. The number of hydrogen-bond acceptors (Lipinski definition) is 8. The number of ether oxygens (including phenoxy) is 2. The summed E-state index contributed by atoms with van der Waals surface area (Å²) in [6, 6.07) is 11.5. The van der Waals surface area contributed by atoms with Gasteiger partial charge in [-0.05, 0) is 44.0 Å². The predicted octanol–water partition coefficient (Wildman–Crippen LogP) is 3.35. The maximum absolute atomic E-state index is 13.2. The van der Waals surface area contributed by atoms with Gasteiger partial charge in [0, 0.05) is 18.3 Å². The molecular weight excluding hydrogens is 452 g/mol. The van der Waals surface area contributed by atoms with Crippen molar-refractivity contribution in [3.8, 4) is 11.5 Å². The van der Waals surface area contributed by atoms with Crippen molar-refractivity contribution in [2.75, 3.05) is 18.7 Å². The Hall–Kier alpha value is -3.02. The molecule has 1 atom stereocenters. The van der Waals surface area contributed by atoms with Crippen LogP contribution in [-0.4, -0.2) is 42.2 Å². The Morgan fingerprint density at radius 1 is 1.12 bits per heavy atom. The number of aromatic nitrogens is 2. The van der Waals surface area contributed by atoms with Crippen LogP contribution in [0, 0.1) is 6.92 Å². The van der Waals surface area contributed by atoms with Crippen molar-refractivity contribution in [1.29, 1.82) is 0 Å². The molecule has 2 aliphatic heterocycles. The topological polar surface area (TPSA) is 111 Å². The third-order valence-corrected chi connectivity index (χ3v) is 8.33. The van der Waals surface area contributed by atoms with E-state index >= 15 is 0 Å². The van der Waals surface area contributed by atoms with Gasteiger partial charge in [0.1, 0.15) is 5.01 Å². The molecule has 1 aromatic heterocycles. The highest BCUT2D eigenvalue weighted by molar-refractivity contribution is 7.89. The Labute approximate surface area is 189 Å². The summed E-state index contributed by atoms with van der Waals surface area (Å²) < 4.78 is 38.4. The van der Waals surface area contributed by atoms with Gasteiger partial charge in [0.15, 0.2) is 11.5 Å². The molecule has 1 N–H and O–H groups in total. The molecule has 166 valence electrons. The van der Waals surface area contributed by atoms with E-state index < -0.39 is 22.0 Å². The fourth-order valence-corrected chi connectivity index (χ4v) is 6.35. The van der Waals surface area contributed by atoms with Crippen LogP contribution in [0.4, 0.5) is 5.69 Å². The first-order chi connectivity index (χ1) is 15.4. The summed E-state index contributed by atoms with van der Waals surface area (Å²) in [5, 5.41) is 11.6. The Morgan fingerprint density at radius 2 is 1.91 bits per heavy atom. The highest BCUT2D eigenvalue weighted by atomic mass is 32.2. The van der Waals surface area contributed by atoms with E-state index in [1.165, 1.54) is 4.31 Å². The van der Waals surface area contributed by atoms with Gasteiger partial charge in [-0.15, -0.1) is 10.2 Å². The highest BCUT2D eigenvalue weighted by Crippen LogP contribution is 2.38. The molecule has 0 radical (unpaired) electrons. The lowest BCUT2D eigenvalue weighted by molar-refractivity contribution is 0.102. The Bertz CT molecular complexity index is 1270. The third kappa shape index (κ3) is 3.83. The molecule has 1 amide bonds. The molecule has 0 aliphatic carbocycles. The standard InChI is InChI=1S/C21H20N4O5S2/c1-13-4-7-15(8-5-13)32(27,28)25-10-2-3-16(25)20-23-24-21(31-20)19(26)22-14-6-9-17-18(11-14)30-12-29-17/h4-9,11,16H,2-3,10,12H2,1H3,(H,22,26). The Kier molecular flexibility index (Phi) is 5.31. The van der Waals surface area contributed by atoms with Gasteiger partial charge in [-0.3, -0.25) is 4.79 Å². The zero-order chi connectivity index (χ0) is 22.3. The van der Waals surface area contributed by atoms with Crippen LogP contribution in [0.1, 0.15) is 39.3 Å². The summed E-state index contributed by atoms with van der Waals surface area (Å²) in [6.07, 6.45) is 1.34. The number of sulfonamides is 1. The van der Waals surface area contributed by atoms with Crippen molar-refractivity contribution >= 4 is 33.0 Å². The molecule has 32 heavy (non-hydrogen) atoms. The minimum Gasteiger partial charge on any atom is -0.454 e. The Morgan fingerprint density at radius 3 is 2.72 bits per heavy atom. The fourth-order valence-electron chi connectivity index (χ4n) is 3.74. The smallest absolute Gasteiger partial charge is 0.286 e. The van der Waals surface area contributed by atoms with Crippen molar-refractivity contribution in [3.63, 3.8) is 0 Å². The van der Waals surface area contributed by atoms with Gasteiger partial charge in [-0.25, -0.2) is 8.42 Å². The number of rotatable bonds is 5. The molecular formula is C21H20N4O5S2. The predicted molar refractivity (Wildman–Crippen MR) is 117 cm³/mol. The van der Waals surface area contributed by atoms with Crippen LogP contribution >= 0.6 is 11.3 Å². The molecule has 0 saturated carbocycles. The first-order valence-corrected chi connectivity index (χ1v) is 12.3. The maximum Gasteiger partial charge on any atom is 0.286 e. The molecule has 1 fully saturated rings. The van der Waals surface area contributed by atoms with E-state index in [9.17, 15) is 13.2 Å². The van der Waals surface area contributed by atoms with Crippen molar-refractivity contribution < 1.29 is 22.7 Å². The van der Waals surface area contributed by atoms with Crippen LogP contribution < -0.4 is 14.8 Å². The van der Waals surface area contributed by atoms with Crippen molar-refractivity contribution in [2.45, 2.75) is 30.7 Å². The van der Waals surface area contributed by atoms with E-state index in [-0.39, 0.29) is 16.7 Å². The third-order valence-electron chi connectivity index (χ3n) is 5.38. The van der Waals surface area contributed by atoms with Gasteiger partial charge in [-0.2, -0.15) is 4.31 Å². The molecule has 0 spiro atoms. The van der Waals surface area contributed by atoms with Crippen molar-refractivity contribution in [1.82, 2.24) is 14.5 Å². The van der Waals surface area contributed by atoms with Crippen molar-refractivity contribution in [3.05, 3.63) is 58.0 Å². The molecule has 3 heterocycles. The van der Waals surface area contributed by atoms with Crippen LogP contribution in [0.2, 0.25) is 0 Å². The minimum absolute atomic E-state index is 0.149. The van der Waals surface area contributed by atoms with Gasteiger partial charge in [-0.1, -0.05) is 29.0 Å². The van der Waals surface area contributed by atoms with Gasteiger partial charge in [0.25, 0.3) is 5.91 Å². The number of fused-ring (bicyclic) bond motifs is 1. The lowest BCUT2D eigenvalue weighted by atomic mass is 10.2. The number of hydrogen-bond donors (Lipinski definition) is 1. The Balaban J connectivity index is 1.34. The van der Waals surface area contributed by atoms with Gasteiger partial charge in [0.2, 0.25) is 21.8 Å². The zero-order valence-corrected chi connectivity index (χ0v) is 18.8. The number of carbonyl (C=O) groups is 1. The van der Waals surface area contributed by atoms with E-state index in [1.807, 2.05) is 6.92 Å². The molecule has 9 nitrogen and oxygen atoms in total. The molecule has 2 aromatic carbocycles. The van der Waals surface area contributed by atoms with Crippen molar-refractivity contribution in [2.24, 2.45) is 0 Å². The molecule has 0 bridgehead atoms. The quantitative estimate of drug-likeness (QED) is 0.606. The van der Waals surface area contributed by atoms with Crippen LogP contribution in [0.25, 0.3) is 0 Å². The summed E-state index contributed by atoms with van der Waals surface area (Å²) in [5.41, 5.74) is 1.53. The van der Waals surface area contributed by atoms with E-state index in [1.54, 1.807) is 42.5 Å². The summed E-state index contributed by atoms with van der Waals surface area (Å²) in [6.45, 7) is 2.46. The monoisotopic (exact) mass is 472 g/mol. The second-order valence-electron chi connectivity index (χ2n) is 7.55. The number of amides is 1. The molecule has 5 rings (SSSR count). The van der Waals surface area contributed by atoms with E-state index in [0.717, 1.165) is 16.9 Å². The van der Waals surface area contributed by atoms with Crippen LogP contribution in [0.3, 0.4) is 0 Å². The first kappa shape index (κ1) is 20.9. The molecule has 11 heteroatoms. The second kappa shape index (κ2) is 8.15. The van der Waals surface area contributed by atoms with E-state index in [4.69, 9.17) is 9.47 Å². The van der Waals surface area contributed by atoms with Crippen LogP contribution in [-0.2, 0) is 10.0 Å². The summed E-state index contributed by atoms with van der Waals surface area (Å²) in [4.78, 5) is 12.9. The lowest BCUT2D eigenvalue weighted by Gasteiger charge is -2.22. The first-order valence-electron chi connectivity index (χ1n) is 10.0. The highest BCUT2D eigenvalue weighted by Gasteiger charge is 2.38. The minimum atomic E-state index is -3.67. The zero-order valence-electron chi connectivity index (χ0n) is 17.1. The number of nitrogens with one attached hydrogen (secondary N) is 1. The van der Waals surface area contributed by atoms with Crippen LogP contribution in [0.15, 0.2) is 47.4 Å². The summed E-state index contributed by atoms with van der Waals surface area (Å²) in [5.74, 6) is 0.763. The molecule has 1 saturated heterocycles. The summed E-state index contributed by atoms with van der Waals surface area (Å²) >= 11 is 1.10. The molecule has 3 aromatic rings. The van der Waals surface area contributed by atoms with Gasteiger partial charge < -0.3 is 14.8 Å².